The van der Waals surface area contributed by atoms with E-state index in [-0.39, 0.29) is 0 Å². The second-order valence-corrected chi connectivity index (χ2v) is 7.48. The van der Waals surface area contributed by atoms with Gasteiger partial charge in [-0.1, -0.05) is 37.2 Å². The first-order chi connectivity index (χ1) is 12.3. The molecule has 0 aliphatic rings. The number of aromatic nitrogens is 2. The summed E-state index contributed by atoms with van der Waals surface area (Å²) in [6.07, 6.45) is 3.31. The van der Waals surface area contributed by atoms with Crippen molar-refractivity contribution in [2.45, 2.75) is 29.6 Å². The predicted molar refractivity (Wildman–Crippen MR) is 107 cm³/mol. The molecule has 0 unspecified atom stereocenters. The van der Waals surface area contributed by atoms with Gasteiger partial charge in [0.05, 0.1) is 25.5 Å². The van der Waals surface area contributed by atoms with Gasteiger partial charge in [0.1, 0.15) is 5.15 Å². The van der Waals surface area contributed by atoms with Crippen molar-refractivity contribution in [2.75, 3.05) is 28.3 Å². The largest absolute Gasteiger partial charge is 0.493 e. The summed E-state index contributed by atoms with van der Waals surface area (Å²) >= 11 is 7.84. The highest BCUT2D eigenvalue weighted by Crippen LogP contribution is 2.42. The number of benzene rings is 1. The van der Waals surface area contributed by atoms with Gasteiger partial charge in [-0.15, -0.1) is 0 Å². The van der Waals surface area contributed by atoms with E-state index in [2.05, 4.69) is 28.8 Å². The second-order valence-electron chi connectivity index (χ2n) is 6.04. The molecule has 2 aromatic rings. The van der Waals surface area contributed by atoms with Crippen LogP contribution in [0.15, 0.2) is 33.1 Å². The molecule has 26 heavy (non-hydrogen) atoms. The molecule has 140 valence electrons. The van der Waals surface area contributed by atoms with E-state index in [4.69, 9.17) is 21.1 Å². The molecular weight excluding hydrogens is 372 g/mol. The molecule has 0 aliphatic heterocycles. The molecule has 1 aromatic carbocycles. The Balaban J connectivity index is 2.38. The zero-order valence-electron chi connectivity index (χ0n) is 15.8. The van der Waals surface area contributed by atoms with Crippen LogP contribution in [-0.2, 0) is 0 Å². The Kier molecular flexibility index (Phi) is 7.11. The lowest BCUT2D eigenvalue weighted by Crippen LogP contribution is -2.07. The van der Waals surface area contributed by atoms with E-state index in [1.807, 2.05) is 26.2 Å². The Morgan fingerprint density at radius 2 is 1.81 bits per heavy atom. The summed E-state index contributed by atoms with van der Waals surface area (Å²) < 4.78 is 10.8. The molecule has 0 N–H and O–H groups in total. The molecule has 0 fully saturated rings. The molecule has 1 aromatic heterocycles. The number of nitrogens with zero attached hydrogens (tertiary/aromatic N) is 4. The summed E-state index contributed by atoms with van der Waals surface area (Å²) in [5.41, 5.74) is 1.14. The highest BCUT2D eigenvalue weighted by Gasteiger charge is 2.16. The second kappa shape index (κ2) is 9.09. The van der Waals surface area contributed by atoms with Gasteiger partial charge < -0.3 is 14.4 Å². The molecule has 6 nitrogen and oxygen atoms in total. The van der Waals surface area contributed by atoms with E-state index in [1.165, 1.54) is 11.8 Å². The fraction of sp³-hybridized carbons (Fsp3) is 0.389. The lowest BCUT2D eigenvalue weighted by atomic mass is 10.0. The molecule has 8 heteroatoms. The Morgan fingerprint density at radius 3 is 2.35 bits per heavy atom. The van der Waals surface area contributed by atoms with Crippen molar-refractivity contribution < 1.29 is 9.47 Å². The van der Waals surface area contributed by atoms with Crippen molar-refractivity contribution in [2.24, 2.45) is 4.99 Å². The third-order valence-corrected chi connectivity index (χ3v) is 4.95. The van der Waals surface area contributed by atoms with Gasteiger partial charge in [0.2, 0.25) is 0 Å². The highest BCUT2D eigenvalue weighted by atomic mass is 35.5. The minimum Gasteiger partial charge on any atom is -0.493 e. The van der Waals surface area contributed by atoms with Crippen LogP contribution in [0, 0.1) is 0 Å². The van der Waals surface area contributed by atoms with Crippen LogP contribution in [0.4, 0.5) is 5.95 Å². The van der Waals surface area contributed by atoms with Crippen LogP contribution in [-0.4, -0.2) is 49.5 Å². The van der Waals surface area contributed by atoms with E-state index in [0.717, 1.165) is 15.4 Å². The highest BCUT2D eigenvalue weighted by molar-refractivity contribution is 7.99. The molecule has 0 spiro atoms. The normalized spacial score (nSPS) is 11.2. The summed E-state index contributed by atoms with van der Waals surface area (Å²) in [6.45, 7) is 4.25. The lowest BCUT2D eigenvalue weighted by Gasteiger charge is -2.17. The summed E-state index contributed by atoms with van der Waals surface area (Å²) in [5, 5.41) is 0.361. The number of rotatable bonds is 7. The number of hydrogen-bond acceptors (Lipinski definition) is 6. The Hall–Kier alpha value is -1.99. The number of ether oxygens (including phenoxy) is 2. The molecule has 0 atom stereocenters. The van der Waals surface area contributed by atoms with Gasteiger partial charge in [-0.25, -0.2) is 9.98 Å². The van der Waals surface area contributed by atoms with Gasteiger partial charge in [0.15, 0.2) is 11.5 Å². The van der Waals surface area contributed by atoms with Crippen LogP contribution < -0.4 is 9.47 Å². The lowest BCUT2D eigenvalue weighted by molar-refractivity contribution is 0.353. The first-order valence-electron chi connectivity index (χ1n) is 8.02. The van der Waals surface area contributed by atoms with Crippen molar-refractivity contribution in [1.82, 2.24) is 14.9 Å². The average molecular weight is 395 g/mol. The van der Waals surface area contributed by atoms with Crippen LogP contribution in [0.3, 0.4) is 0 Å². The maximum atomic E-state index is 6.34. The Morgan fingerprint density at radius 1 is 1.15 bits per heavy atom. The van der Waals surface area contributed by atoms with Gasteiger partial charge in [0.25, 0.3) is 5.95 Å². The number of halogens is 1. The standard InChI is InChI=1S/C18H23ClN4O2S/c1-11(2)12-7-13(24-5)14(25-6)8-15(12)26-16-9-20-18(22-17(16)19)21-10-23(3)4/h7-11H,1-6H3/b21-10+. The summed E-state index contributed by atoms with van der Waals surface area (Å²) in [7, 11) is 7.00. The molecule has 0 aliphatic carbocycles. The zero-order valence-corrected chi connectivity index (χ0v) is 17.4. The van der Waals surface area contributed by atoms with Gasteiger partial charge in [-0.05, 0) is 23.6 Å². The number of aliphatic imine (C=N–C) groups is 1. The van der Waals surface area contributed by atoms with Crippen molar-refractivity contribution >= 4 is 35.6 Å². The van der Waals surface area contributed by atoms with Crippen molar-refractivity contribution in [3.8, 4) is 11.5 Å². The number of methoxy groups -OCH3 is 2. The smallest absolute Gasteiger partial charge is 0.252 e. The monoisotopic (exact) mass is 394 g/mol. The van der Waals surface area contributed by atoms with Gasteiger partial charge >= 0.3 is 0 Å². The van der Waals surface area contributed by atoms with E-state index >= 15 is 0 Å². The summed E-state index contributed by atoms with van der Waals surface area (Å²) in [6, 6.07) is 3.95. The first kappa shape index (κ1) is 20.3. The van der Waals surface area contributed by atoms with Gasteiger partial charge in [-0.3, -0.25) is 0 Å². The van der Waals surface area contributed by atoms with E-state index < -0.39 is 0 Å². The maximum absolute atomic E-state index is 6.34. The van der Waals surface area contributed by atoms with Crippen LogP contribution in [0.25, 0.3) is 0 Å². The summed E-state index contributed by atoms with van der Waals surface area (Å²) in [5.74, 6) is 2.00. The molecule has 1 heterocycles. The van der Waals surface area contributed by atoms with Gasteiger partial charge in [0, 0.05) is 25.2 Å². The molecule has 0 amide bonds. The topological polar surface area (TPSA) is 59.8 Å². The average Bonchev–Trinajstić information content (AvgIpc) is 2.61. The van der Waals surface area contributed by atoms with Crippen molar-refractivity contribution in [3.63, 3.8) is 0 Å². The summed E-state index contributed by atoms with van der Waals surface area (Å²) in [4.78, 5) is 16.2. The van der Waals surface area contributed by atoms with Crippen LogP contribution in [0.2, 0.25) is 5.15 Å². The first-order valence-corrected chi connectivity index (χ1v) is 9.22. The molecule has 0 bridgehead atoms. The quantitative estimate of drug-likeness (QED) is 0.387. The fourth-order valence-electron chi connectivity index (χ4n) is 2.17. The maximum Gasteiger partial charge on any atom is 0.252 e. The minimum atomic E-state index is 0.306. The third kappa shape index (κ3) is 5.02. The van der Waals surface area contributed by atoms with Crippen molar-refractivity contribution in [3.05, 3.63) is 29.0 Å². The molecule has 2 rings (SSSR count). The van der Waals surface area contributed by atoms with E-state index in [9.17, 15) is 0 Å². The van der Waals surface area contributed by atoms with Crippen LogP contribution in [0.1, 0.15) is 25.3 Å². The molecular formula is C18H23ClN4O2S. The molecule has 0 radical (unpaired) electrons. The third-order valence-electron chi connectivity index (χ3n) is 3.46. The van der Waals surface area contributed by atoms with E-state index in [1.54, 1.807) is 31.7 Å². The number of hydrogen-bond donors (Lipinski definition) is 0. The Labute approximate surface area is 163 Å². The Bertz CT molecular complexity index is 797. The van der Waals surface area contributed by atoms with E-state index in [0.29, 0.717) is 28.5 Å². The van der Waals surface area contributed by atoms with Crippen LogP contribution >= 0.6 is 23.4 Å². The SMILES string of the molecule is COc1cc(Sc2cnc(/N=C/N(C)C)nc2Cl)c(C(C)C)cc1OC. The molecule has 0 saturated carbocycles. The van der Waals surface area contributed by atoms with Crippen LogP contribution in [0.5, 0.6) is 11.5 Å². The van der Waals surface area contributed by atoms with Gasteiger partial charge in [-0.2, -0.15) is 4.98 Å². The predicted octanol–water partition coefficient (Wildman–Crippen LogP) is 4.64. The fourth-order valence-corrected chi connectivity index (χ4v) is 3.46. The molecule has 0 saturated heterocycles. The minimum absolute atomic E-state index is 0.306. The van der Waals surface area contributed by atoms with Crippen molar-refractivity contribution in [1.29, 1.82) is 0 Å². The zero-order chi connectivity index (χ0) is 19.3.